The highest BCUT2D eigenvalue weighted by molar-refractivity contribution is 9.10. The third-order valence-corrected chi connectivity index (χ3v) is 6.53. The van der Waals surface area contributed by atoms with Crippen molar-refractivity contribution in [1.82, 2.24) is 4.90 Å². The molecule has 3 aromatic rings. The minimum absolute atomic E-state index is 0.122. The van der Waals surface area contributed by atoms with Gasteiger partial charge in [-0.25, -0.2) is 4.39 Å². The second-order valence-corrected chi connectivity index (χ2v) is 9.24. The zero-order valence-corrected chi connectivity index (χ0v) is 19.7. The maximum Gasteiger partial charge on any atom is 0.293 e. The van der Waals surface area contributed by atoms with Crippen LogP contribution in [-0.4, -0.2) is 16.0 Å². The number of nitrogens with zero attached hydrogens (tertiary/aromatic N) is 1. The van der Waals surface area contributed by atoms with Crippen molar-refractivity contribution in [1.29, 1.82) is 0 Å². The number of ether oxygens (including phenoxy) is 1. The number of halogens is 3. The summed E-state index contributed by atoms with van der Waals surface area (Å²) in [5.41, 5.74) is 1.73. The van der Waals surface area contributed by atoms with Crippen molar-refractivity contribution in [3.05, 3.63) is 104 Å². The Bertz CT molecular complexity index is 1230. The van der Waals surface area contributed by atoms with E-state index in [0.29, 0.717) is 16.3 Å². The molecule has 8 heteroatoms. The van der Waals surface area contributed by atoms with Crippen molar-refractivity contribution in [2.45, 2.75) is 13.2 Å². The highest BCUT2D eigenvalue weighted by Crippen LogP contribution is 2.36. The van der Waals surface area contributed by atoms with Crippen LogP contribution in [0.5, 0.6) is 5.75 Å². The summed E-state index contributed by atoms with van der Waals surface area (Å²) in [5.74, 6) is -0.396. The lowest BCUT2D eigenvalue weighted by molar-refractivity contribution is -0.123. The van der Waals surface area contributed by atoms with Gasteiger partial charge in [-0.15, -0.1) is 0 Å². The average Bonchev–Trinajstić information content (AvgIpc) is 3.03. The number of carbonyl (C=O) groups excluding carboxylic acids is 2. The quantitative estimate of drug-likeness (QED) is 0.319. The molecule has 0 spiro atoms. The number of imide groups is 1. The molecular formula is C24H16BrClFNO3S. The van der Waals surface area contributed by atoms with Gasteiger partial charge in [0, 0.05) is 26.2 Å². The molecule has 1 saturated heterocycles. The summed E-state index contributed by atoms with van der Waals surface area (Å²) in [7, 11) is 0. The predicted molar refractivity (Wildman–Crippen MR) is 128 cm³/mol. The van der Waals surface area contributed by atoms with E-state index in [-0.39, 0.29) is 23.6 Å². The lowest BCUT2D eigenvalue weighted by atomic mass is 10.1. The maximum absolute atomic E-state index is 14.0. The molecule has 0 aliphatic carbocycles. The number of thioether (sulfide) groups is 1. The van der Waals surface area contributed by atoms with Crippen LogP contribution in [0, 0.1) is 5.82 Å². The van der Waals surface area contributed by atoms with Crippen molar-refractivity contribution >= 4 is 56.5 Å². The fourth-order valence-electron chi connectivity index (χ4n) is 3.11. The Balaban J connectivity index is 1.57. The van der Waals surface area contributed by atoms with E-state index in [1.807, 2.05) is 24.3 Å². The van der Waals surface area contributed by atoms with Crippen LogP contribution in [0.1, 0.15) is 16.7 Å². The zero-order chi connectivity index (χ0) is 22.7. The van der Waals surface area contributed by atoms with Crippen molar-refractivity contribution in [3.63, 3.8) is 0 Å². The monoisotopic (exact) mass is 531 g/mol. The summed E-state index contributed by atoms with van der Waals surface area (Å²) >= 11 is 10.4. The standard InChI is InChI=1S/C24H16BrClFNO3S/c25-18-9-10-21(31-14-16-6-1-3-7-19(16)26)17(11-18)12-22-23(29)28(24(30)32-22)13-15-5-2-4-8-20(15)27/h1-12H,13-14H2/b22-12-. The molecule has 4 rings (SSSR count). The van der Waals surface area contributed by atoms with Crippen molar-refractivity contribution in [2.75, 3.05) is 0 Å². The first kappa shape index (κ1) is 22.6. The van der Waals surface area contributed by atoms with E-state index in [0.717, 1.165) is 26.7 Å². The third-order valence-electron chi connectivity index (χ3n) is 4.76. The molecule has 1 aliphatic heterocycles. The van der Waals surface area contributed by atoms with Gasteiger partial charge in [0.15, 0.2) is 0 Å². The number of carbonyl (C=O) groups is 2. The minimum Gasteiger partial charge on any atom is -0.488 e. The number of rotatable bonds is 6. The lowest BCUT2D eigenvalue weighted by Gasteiger charge is -2.13. The van der Waals surface area contributed by atoms with E-state index in [4.69, 9.17) is 16.3 Å². The molecule has 1 heterocycles. The van der Waals surface area contributed by atoms with Gasteiger partial charge in [-0.05, 0) is 48.2 Å². The number of hydrogen-bond donors (Lipinski definition) is 0. The number of hydrogen-bond acceptors (Lipinski definition) is 4. The van der Waals surface area contributed by atoms with Crippen LogP contribution in [-0.2, 0) is 17.9 Å². The normalized spacial score (nSPS) is 15.0. The Morgan fingerprint density at radius 3 is 2.50 bits per heavy atom. The Morgan fingerprint density at radius 2 is 1.75 bits per heavy atom. The second-order valence-electron chi connectivity index (χ2n) is 6.92. The van der Waals surface area contributed by atoms with E-state index in [1.54, 1.807) is 42.5 Å². The predicted octanol–water partition coefficient (Wildman–Crippen LogP) is 7.06. The van der Waals surface area contributed by atoms with Gasteiger partial charge < -0.3 is 4.74 Å². The molecule has 0 atom stereocenters. The first-order valence-electron chi connectivity index (χ1n) is 9.57. The average molecular weight is 533 g/mol. The first-order valence-corrected chi connectivity index (χ1v) is 11.6. The summed E-state index contributed by atoms with van der Waals surface area (Å²) in [6, 6.07) is 18.8. The van der Waals surface area contributed by atoms with E-state index >= 15 is 0 Å². The minimum atomic E-state index is -0.472. The molecule has 2 amide bonds. The topological polar surface area (TPSA) is 46.6 Å². The van der Waals surface area contributed by atoms with Gasteiger partial charge in [-0.1, -0.05) is 63.9 Å². The van der Waals surface area contributed by atoms with E-state index in [9.17, 15) is 14.0 Å². The smallest absolute Gasteiger partial charge is 0.293 e. The van der Waals surface area contributed by atoms with Crippen molar-refractivity contribution in [3.8, 4) is 5.75 Å². The second kappa shape index (κ2) is 9.90. The van der Waals surface area contributed by atoms with Crippen molar-refractivity contribution < 1.29 is 18.7 Å². The molecule has 0 N–H and O–H groups in total. The highest BCUT2D eigenvalue weighted by atomic mass is 79.9. The van der Waals surface area contributed by atoms with Gasteiger partial charge in [0.05, 0.1) is 11.4 Å². The zero-order valence-electron chi connectivity index (χ0n) is 16.6. The number of amides is 2. The largest absolute Gasteiger partial charge is 0.488 e. The van der Waals surface area contributed by atoms with Gasteiger partial charge >= 0.3 is 0 Å². The molecule has 1 fully saturated rings. The van der Waals surface area contributed by atoms with Crippen LogP contribution < -0.4 is 4.74 Å². The van der Waals surface area contributed by atoms with Crippen LogP contribution in [0.2, 0.25) is 5.02 Å². The summed E-state index contributed by atoms with van der Waals surface area (Å²) in [4.78, 5) is 26.6. The Hall–Kier alpha value is -2.61. The van der Waals surface area contributed by atoms with Gasteiger partial charge in [-0.2, -0.15) is 0 Å². The first-order chi connectivity index (χ1) is 15.4. The number of benzene rings is 3. The highest BCUT2D eigenvalue weighted by Gasteiger charge is 2.35. The molecule has 1 aliphatic rings. The van der Waals surface area contributed by atoms with Crippen LogP contribution in [0.3, 0.4) is 0 Å². The molecule has 0 bridgehead atoms. The van der Waals surface area contributed by atoms with Gasteiger partial charge in [0.25, 0.3) is 11.1 Å². The Morgan fingerprint density at radius 1 is 1.03 bits per heavy atom. The summed E-state index contributed by atoms with van der Waals surface area (Å²) in [6.07, 6.45) is 1.61. The fraction of sp³-hybridized carbons (Fsp3) is 0.0833. The summed E-state index contributed by atoms with van der Waals surface area (Å²) < 4.78 is 20.7. The molecule has 32 heavy (non-hydrogen) atoms. The summed E-state index contributed by atoms with van der Waals surface area (Å²) in [6.45, 7) is 0.125. The fourth-order valence-corrected chi connectivity index (χ4v) is 4.51. The van der Waals surface area contributed by atoms with Crippen LogP contribution in [0.4, 0.5) is 9.18 Å². The van der Waals surface area contributed by atoms with E-state index in [2.05, 4.69) is 15.9 Å². The van der Waals surface area contributed by atoms with Gasteiger partial charge in [-0.3, -0.25) is 14.5 Å². The van der Waals surface area contributed by atoms with Gasteiger partial charge in [0.1, 0.15) is 18.2 Å². The lowest BCUT2D eigenvalue weighted by Crippen LogP contribution is -2.27. The van der Waals surface area contributed by atoms with E-state index in [1.165, 1.54) is 6.07 Å². The van der Waals surface area contributed by atoms with Crippen molar-refractivity contribution in [2.24, 2.45) is 0 Å². The van der Waals surface area contributed by atoms with Crippen LogP contribution in [0.25, 0.3) is 6.08 Å². The molecule has 0 radical (unpaired) electrons. The molecular weight excluding hydrogens is 517 g/mol. The molecule has 0 aromatic heterocycles. The molecule has 0 saturated carbocycles. The van der Waals surface area contributed by atoms with Crippen LogP contribution >= 0.6 is 39.3 Å². The Labute approximate surface area is 202 Å². The molecule has 162 valence electrons. The summed E-state index contributed by atoms with van der Waals surface area (Å²) in [5, 5.41) is 0.151. The van der Waals surface area contributed by atoms with Crippen LogP contribution in [0.15, 0.2) is 76.1 Å². The SMILES string of the molecule is O=C1S/C(=C\c2cc(Br)ccc2OCc2ccccc2Cl)C(=O)N1Cc1ccccc1F. The molecule has 3 aromatic carbocycles. The van der Waals surface area contributed by atoms with Gasteiger partial charge in [0.2, 0.25) is 0 Å². The van der Waals surface area contributed by atoms with E-state index < -0.39 is 17.0 Å². The third kappa shape index (κ3) is 5.06. The molecule has 4 nitrogen and oxygen atoms in total. The molecule has 0 unspecified atom stereocenters. The Kier molecular flexibility index (Phi) is 6.98. The maximum atomic E-state index is 14.0.